The number of fused-ring (bicyclic) bond motifs is 2. The summed E-state index contributed by atoms with van der Waals surface area (Å²) < 4.78 is 6.02. The van der Waals surface area contributed by atoms with Crippen LogP contribution >= 0.6 is 11.3 Å². The van der Waals surface area contributed by atoms with Gasteiger partial charge in [-0.05, 0) is 26.1 Å². The molecule has 0 amide bonds. The maximum Gasteiger partial charge on any atom is 0.273 e. The predicted molar refractivity (Wildman–Crippen MR) is 97.5 cm³/mol. The van der Waals surface area contributed by atoms with E-state index in [2.05, 4.69) is 22.9 Å². The summed E-state index contributed by atoms with van der Waals surface area (Å²) in [5.41, 5.74) is 1.60. The highest BCUT2D eigenvalue weighted by molar-refractivity contribution is 7.14. The Morgan fingerprint density at radius 2 is 2.00 bits per heavy atom. The lowest BCUT2D eigenvalue weighted by Crippen LogP contribution is -2.47. The highest BCUT2D eigenvalue weighted by Gasteiger charge is 2.27. The number of nitro benzene ring substituents is 1. The van der Waals surface area contributed by atoms with Crippen LogP contribution in [0.4, 0.5) is 11.4 Å². The molecule has 0 aliphatic carbocycles. The minimum Gasteiger partial charge on any atom is -0.443 e. The Labute approximate surface area is 149 Å². The van der Waals surface area contributed by atoms with E-state index in [1.807, 2.05) is 6.92 Å². The van der Waals surface area contributed by atoms with Gasteiger partial charge in [-0.2, -0.15) is 0 Å². The van der Waals surface area contributed by atoms with E-state index in [1.165, 1.54) is 23.5 Å². The second-order valence-electron chi connectivity index (χ2n) is 6.30. The van der Waals surface area contributed by atoms with Crippen molar-refractivity contribution in [1.82, 2.24) is 9.80 Å². The molecule has 2 aliphatic rings. The second-order valence-corrected chi connectivity index (χ2v) is 7.51. The molecule has 0 N–H and O–H groups in total. The summed E-state index contributed by atoms with van der Waals surface area (Å²) in [6, 6.07) is 6.66. The normalized spacial score (nSPS) is 17.2. The van der Waals surface area contributed by atoms with E-state index in [0.717, 1.165) is 47.5 Å². The molecule has 0 saturated carbocycles. The van der Waals surface area contributed by atoms with Gasteiger partial charge in [-0.1, -0.05) is 0 Å². The highest BCUT2D eigenvalue weighted by atomic mass is 32.1. The molecule has 2 aromatic rings. The van der Waals surface area contributed by atoms with Gasteiger partial charge in [-0.3, -0.25) is 10.1 Å². The van der Waals surface area contributed by atoms with E-state index in [1.54, 1.807) is 6.07 Å². The molecular formula is C17H18N4O3S. The van der Waals surface area contributed by atoms with Gasteiger partial charge in [-0.25, -0.2) is 4.99 Å². The fourth-order valence-corrected chi connectivity index (χ4v) is 3.91. The Morgan fingerprint density at radius 3 is 2.72 bits per heavy atom. The van der Waals surface area contributed by atoms with Crippen LogP contribution < -0.4 is 4.74 Å². The molecule has 25 heavy (non-hydrogen) atoms. The van der Waals surface area contributed by atoms with Gasteiger partial charge in [0.05, 0.1) is 16.6 Å². The molecule has 0 unspecified atom stereocenters. The molecule has 2 aliphatic heterocycles. The van der Waals surface area contributed by atoms with E-state index < -0.39 is 4.92 Å². The van der Waals surface area contributed by atoms with Gasteiger partial charge in [-0.15, -0.1) is 11.3 Å². The zero-order valence-electron chi connectivity index (χ0n) is 14.1. The predicted octanol–water partition coefficient (Wildman–Crippen LogP) is 3.40. The maximum atomic E-state index is 11.1. The van der Waals surface area contributed by atoms with Gasteiger partial charge in [0.1, 0.15) is 11.5 Å². The van der Waals surface area contributed by atoms with Crippen molar-refractivity contribution in [3.63, 3.8) is 0 Å². The lowest BCUT2D eigenvalue weighted by molar-refractivity contribution is -0.384. The fraction of sp³-hybridized carbons (Fsp3) is 0.353. The molecule has 0 radical (unpaired) electrons. The van der Waals surface area contributed by atoms with Gasteiger partial charge in [0.15, 0.2) is 10.8 Å². The third-order valence-electron chi connectivity index (χ3n) is 4.45. The van der Waals surface area contributed by atoms with Crippen LogP contribution in [-0.2, 0) is 0 Å². The van der Waals surface area contributed by atoms with Crippen molar-refractivity contribution < 1.29 is 9.66 Å². The molecule has 3 heterocycles. The molecule has 1 saturated heterocycles. The number of amidine groups is 1. The summed E-state index contributed by atoms with van der Waals surface area (Å²) in [4.78, 5) is 21.2. The lowest BCUT2D eigenvalue weighted by atomic mass is 10.2. The number of hydrogen-bond acceptors (Lipinski definition) is 7. The van der Waals surface area contributed by atoms with Crippen molar-refractivity contribution >= 4 is 28.5 Å². The molecule has 1 fully saturated rings. The summed E-state index contributed by atoms with van der Waals surface area (Å²) in [5, 5.41) is 11.8. The van der Waals surface area contributed by atoms with E-state index in [4.69, 9.17) is 9.73 Å². The Hall–Kier alpha value is -2.45. The molecule has 8 heteroatoms. The number of hydrogen-bond donors (Lipinski definition) is 0. The van der Waals surface area contributed by atoms with Crippen LogP contribution in [0.5, 0.6) is 10.8 Å². The van der Waals surface area contributed by atoms with Crippen molar-refractivity contribution in [2.24, 2.45) is 4.99 Å². The van der Waals surface area contributed by atoms with Crippen LogP contribution in [0, 0.1) is 17.0 Å². The first kappa shape index (κ1) is 16.0. The van der Waals surface area contributed by atoms with Crippen LogP contribution in [0.1, 0.15) is 10.4 Å². The number of ether oxygens (including phenoxy) is 1. The average molecular weight is 358 g/mol. The number of piperazine rings is 1. The van der Waals surface area contributed by atoms with Crippen molar-refractivity contribution in [1.29, 1.82) is 0 Å². The Bertz CT molecular complexity index is 869. The fourth-order valence-electron chi connectivity index (χ4n) is 3.05. The molecule has 7 nitrogen and oxygen atoms in total. The van der Waals surface area contributed by atoms with Crippen molar-refractivity contribution in [2.45, 2.75) is 6.92 Å². The SMILES string of the molecule is Cc1cc2c(s1)Oc1cc([N+](=O)[O-])ccc1N=C2N1CCN(C)CC1. The quantitative estimate of drug-likeness (QED) is 0.577. The van der Waals surface area contributed by atoms with Crippen LogP contribution in [0.2, 0.25) is 0 Å². The number of rotatable bonds is 1. The van der Waals surface area contributed by atoms with Crippen molar-refractivity contribution in [3.05, 3.63) is 44.8 Å². The Balaban J connectivity index is 1.81. The van der Waals surface area contributed by atoms with Crippen LogP contribution in [0.3, 0.4) is 0 Å². The Morgan fingerprint density at radius 1 is 1.24 bits per heavy atom. The molecule has 0 bridgehead atoms. The van der Waals surface area contributed by atoms with E-state index in [-0.39, 0.29) is 5.69 Å². The minimum atomic E-state index is -0.416. The topological polar surface area (TPSA) is 71.2 Å². The summed E-state index contributed by atoms with van der Waals surface area (Å²) in [6.07, 6.45) is 0. The highest BCUT2D eigenvalue weighted by Crippen LogP contribution is 2.43. The number of aryl methyl sites for hydroxylation is 1. The first-order chi connectivity index (χ1) is 12.0. The number of thiophene rings is 1. The van der Waals surface area contributed by atoms with Crippen molar-refractivity contribution in [2.75, 3.05) is 33.2 Å². The molecule has 0 spiro atoms. The van der Waals surface area contributed by atoms with Crippen molar-refractivity contribution in [3.8, 4) is 10.8 Å². The Kier molecular flexibility index (Phi) is 3.93. The molecule has 1 aromatic heterocycles. The number of non-ortho nitro benzene ring substituents is 1. The summed E-state index contributed by atoms with van der Waals surface area (Å²) >= 11 is 1.54. The van der Waals surface area contributed by atoms with Crippen LogP contribution in [-0.4, -0.2) is 53.8 Å². The number of likely N-dealkylation sites (N-methyl/N-ethyl adjacent to an activating group) is 1. The number of nitro groups is 1. The van der Waals surface area contributed by atoms with E-state index in [0.29, 0.717) is 11.4 Å². The van der Waals surface area contributed by atoms with Crippen LogP contribution in [0.25, 0.3) is 0 Å². The van der Waals surface area contributed by atoms with Gasteiger partial charge >= 0.3 is 0 Å². The molecular weight excluding hydrogens is 340 g/mol. The van der Waals surface area contributed by atoms with E-state index >= 15 is 0 Å². The molecule has 1 aromatic carbocycles. The summed E-state index contributed by atoms with van der Waals surface area (Å²) in [5.74, 6) is 1.32. The summed E-state index contributed by atoms with van der Waals surface area (Å²) in [6.45, 7) is 5.77. The molecule has 4 rings (SSSR count). The molecule has 0 atom stereocenters. The van der Waals surface area contributed by atoms with E-state index in [9.17, 15) is 10.1 Å². The number of nitrogens with zero attached hydrogens (tertiary/aromatic N) is 4. The third-order valence-corrected chi connectivity index (χ3v) is 5.38. The lowest BCUT2D eigenvalue weighted by Gasteiger charge is -2.34. The van der Waals surface area contributed by atoms with Gasteiger partial charge in [0, 0.05) is 37.1 Å². The number of benzene rings is 1. The largest absolute Gasteiger partial charge is 0.443 e. The second kappa shape index (κ2) is 6.12. The summed E-state index contributed by atoms with van der Waals surface area (Å²) in [7, 11) is 2.12. The standard InChI is InChI=1S/C17H18N4O3S/c1-11-9-13-16(20-7-5-19(2)6-8-20)18-14-4-3-12(21(22)23)10-15(14)24-17(13)25-11/h3-4,9-10H,5-8H2,1-2H3. The number of aliphatic imine (C=N–C) groups is 1. The van der Waals surface area contributed by atoms with Crippen LogP contribution in [0.15, 0.2) is 29.3 Å². The van der Waals surface area contributed by atoms with Gasteiger partial charge < -0.3 is 14.5 Å². The maximum absolute atomic E-state index is 11.1. The minimum absolute atomic E-state index is 0.00632. The molecule has 130 valence electrons. The average Bonchev–Trinajstić information content (AvgIpc) is 2.87. The smallest absolute Gasteiger partial charge is 0.273 e. The third kappa shape index (κ3) is 2.98. The zero-order valence-corrected chi connectivity index (χ0v) is 14.9. The first-order valence-corrected chi connectivity index (χ1v) is 8.92. The first-order valence-electron chi connectivity index (χ1n) is 8.10. The zero-order chi connectivity index (χ0) is 17.6. The van der Waals surface area contributed by atoms with Gasteiger partial charge in [0.2, 0.25) is 0 Å². The monoisotopic (exact) mass is 358 g/mol. The van der Waals surface area contributed by atoms with Gasteiger partial charge in [0.25, 0.3) is 5.69 Å².